The number of hydrogen-bond donors (Lipinski definition) is 2. The van der Waals surface area contributed by atoms with Crippen molar-refractivity contribution < 1.29 is 14.3 Å². The van der Waals surface area contributed by atoms with Crippen molar-refractivity contribution in [1.29, 1.82) is 0 Å². The monoisotopic (exact) mass is 242 g/mol. The number of benzene rings is 1. The third-order valence-electron chi connectivity index (χ3n) is 1.76. The lowest BCUT2D eigenvalue weighted by atomic mass is 10.1. The third-order valence-corrected chi connectivity index (χ3v) is 1.99. The summed E-state index contributed by atoms with van der Waals surface area (Å²) in [7, 11) is 0. The molecule has 5 nitrogen and oxygen atoms in total. The molecule has 86 valence electrons. The van der Waals surface area contributed by atoms with E-state index < -0.39 is 12.0 Å². The Bertz CT molecular complexity index is 421. The number of halogens is 1. The number of hydrogen-bond acceptors (Lipinski definition) is 3. The molecule has 2 amide bonds. The lowest BCUT2D eigenvalue weighted by molar-refractivity contribution is 0.100. The molecule has 0 aliphatic carbocycles. The zero-order valence-corrected chi connectivity index (χ0v) is 9.38. The largest absolute Gasteiger partial charge is 0.450 e. The molecule has 0 saturated carbocycles. The number of anilines is 1. The van der Waals surface area contributed by atoms with Gasteiger partial charge >= 0.3 is 6.09 Å². The Balaban J connectivity index is 2.95. The zero-order chi connectivity index (χ0) is 12.1. The van der Waals surface area contributed by atoms with Gasteiger partial charge in [-0.2, -0.15) is 0 Å². The van der Waals surface area contributed by atoms with Crippen molar-refractivity contribution >= 4 is 29.3 Å². The molecule has 0 heterocycles. The molecule has 0 radical (unpaired) electrons. The molecule has 0 unspecified atom stereocenters. The average Bonchev–Trinajstić information content (AvgIpc) is 2.20. The summed E-state index contributed by atoms with van der Waals surface area (Å²) in [5, 5.41) is 2.76. The SMILES string of the molecule is CCOC(=O)Nc1ccc(Cl)cc1C(N)=O. The Morgan fingerprint density at radius 2 is 2.19 bits per heavy atom. The van der Waals surface area contributed by atoms with Gasteiger partial charge in [-0.15, -0.1) is 0 Å². The number of carbonyl (C=O) groups is 2. The summed E-state index contributed by atoms with van der Waals surface area (Å²) in [5.74, 6) is -0.672. The molecule has 0 atom stereocenters. The smallest absolute Gasteiger partial charge is 0.411 e. The van der Waals surface area contributed by atoms with Gasteiger partial charge in [0.15, 0.2) is 0 Å². The fourth-order valence-corrected chi connectivity index (χ4v) is 1.28. The Hall–Kier alpha value is -1.75. The first kappa shape index (κ1) is 12.3. The standard InChI is InChI=1S/C10H11ClN2O3/c1-2-16-10(15)13-8-4-3-6(11)5-7(8)9(12)14/h3-5H,2H2,1H3,(H2,12,14)(H,13,15). The van der Waals surface area contributed by atoms with Crippen molar-refractivity contribution in [2.75, 3.05) is 11.9 Å². The molecule has 0 spiro atoms. The number of nitrogens with two attached hydrogens (primary N) is 1. The van der Waals surface area contributed by atoms with Crippen molar-refractivity contribution in [2.45, 2.75) is 6.92 Å². The van der Waals surface area contributed by atoms with Crippen molar-refractivity contribution in [3.8, 4) is 0 Å². The number of amides is 2. The summed E-state index contributed by atoms with van der Waals surface area (Å²) in [6, 6.07) is 4.40. The molecule has 0 aliphatic rings. The van der Waals surface area contributed by atoms with E-state index in [4.69, 9.17) is 17.3 Å². The highest BCUT2D eigenvalue weighted by atomic mass is 35.5. The van der Waals surface area contributed by atoms with Crippen LogP contribution >= 0.6 is 11.6 Å². The van der Waals surface area contributed by atoms with E-state index >= 15 is 0 Å². The number of ether oxygens (including phenoxy) is 1. The number of nitrogens with one attached hydrogen (secondary N) is 1. The molecular formula is C10H11ClN2O3. The molecule has 0 aliphatic heterocycles. The van der Waals surface area contributed by atoms with E-state index in [-0.39, 0.29) is 17.9 Å². The molecule has 0 bridgehead atoms. The van der Waals surface area contributed by atoms with Crippen molar-refractivity contribution in [3.63, 3.8) is 0 Å². The lowest BCUT2D eigenvalue weighted by Crippen LogP contribution is -2.18. The quantitative estimate of drug-likeness (QED) is 0.851. The molecule has 0 saturated heterocycles. The van der Waals surface area contributed by atoms with Crippen LogP contribution in [0.1, 0.15) is 17.3 Å². The summed E-state index contributed by atoms with van der Waals surface area (Å²) >= 11 is 5.71. The van der Waals surface area contributed by atoms with E-state index in [0.29, 0.717) is 5.02 Å². The highest BCUT2D eigenvalue weighted by Crippen LogP contribution is 2.20. The van der Waals surface area contributed by atoms with Crippen LogP contribution in [0.15, 0.2) is 18.2 Å². The topological polar surface area (TPSA) is 81.4 Å². The summed E-state index contributed by atoms with van der Waals surface area (Å²) in [6.45, 7) is 1.92. The molecular weight excluding hydrogens is 232 g/mol. The van der Waals surface area contributed by atoms with Crippen LogP contribution in [0.4, 0.5) is 10.5 Å². The average molecular weight is 243 g/mol. The van der Waals surface area contributed by atoms with Gasteiger partial charge in [0, 0.05) is 5.02 Å². The summed E-state index contributed by atoms with van der Waals surface area (Å²) < 4.78 is 4.68. The second kappa shape index (κ2) is 5.37. The fourth-order valence-electron chi connectivity index (χ4n) is 1.11. The van der Waals surface area contributed by atoms with Crippen LogP contribution in [0.5, 0.6) is 0 Å². The molecule has 0 aromatic heterocycles. The maximum absolute atomic E-state index is 11.2. The first-order valence-electron chi connectivity index (χ1n) is 4.57. The molecule has 1 aromatic rings. The first-order chi connectivity index (χ1) is 7.54. The minimum atomic E-state index is -0.672. The van der Waals surface area contributed by atoms with Crippen LogP contribution in [0, 0.1) is 0 Å². The normalized spacial score (nSPS) is 9.62. The van der Waals surface area contributed by atoms with E-state index in [1.165, 1.54) is 18.2 Å². The predicted molar refractivity (Wildman–Crippen MR) is 60.6 cm³/mol. The van der Waals surface area contributed by atoms with Gasteiger partial charge in [0.2, 0.25) is 0 Å². The van der Waals surface area contributed by atoms with Crippen LogP contribution in [0.2, 0.25) is 5.02 Å². The van der Waals surface area contributed by atoms with E-state index in [1.807, 2.05) is 0 Å². The molecule has 16 heavy (non-hydrogen) atoms. The lowest BCUT2D eigenvalue weighted by Gasteiger charge is -2.08. The van der Waals surface area contributed by atoms with E-state index in [2.05, 4.69) is 10.1 Å². The fraction of sp³-hybridized carbons (Fsp3) is 0.200. The highest BCUT2D eigenvalue weighted by Gasteiger charge is 2.11. The maximum Gasteiger partial charge on any atom is 0.411 e. The number of carbonyl (C=O) groups excluding carboxylic acids is 2. The van der Waals surface area contributed by atoms with Crippen molar-refractivity contribution in [1.82, 2.24) is 0 Å². The molecule has 1 rings (SSSR count). The first-order valence-corrected chi connectivity index (χ1v) is 4.95. The van der Waals surface area contributed by atoms with Crippen LogP contribution < -0.4 is 11.1 Å². The van der Waals surface area contributed by atoms with E-state index in [9.17, 15) is 9.59 Å². The van der Waals surface area contributed by atoms with E-state index in [1.54, 1.807) is 6.92 Å². The number of rotatable bonds is 3. The second-order valence-electron chi connectivity index (χ2n) is 2.90. The van der Waals surface area contributed by atoms with E-state index in [0.717, 1.165) is 0 Å². The zero-order valence-electron chi connectivity index (χ0n) is 8.62. The third kappa shape index (κ3) is 3.13. The van der Waals surface area contributed by atoms with Gasteiger partial charge in [-0.3, -0.25) is 10.1 Å². The Morgan fingerprint density at radius 3 is 2.75 bits per heavy atom. The number of primary amides is 1. The van der Waals surface area contributed by atoms with Crippen LogP contribution in [0.25, 0.3) is 0 Å². The van der Waals surface area contributed by atoms with Crippen molar-refractivity contribution in [3.05, 3.63) is 28.8 Å². The van der Waals surface area contributed by atoms with Gasteiger partial charge in [0.05, 0.1) is 17.9 Å². The Morgan fingerprint density at radius 1 is 1.50 bits per heavy atom. The second-order valence-corrected chi connectivity index (χ2v) is 3.34. The van der Waals surface area contributed by atoms with Gasteiger partial charge in [-0.25, -0.2) is 4.79 Å². The van der Waals surface area contributed by atoms with Crippen molar-refractivity contribution in [2.24, 2.45) is 5.73 Å². The van der Waals surface area contributed by atoms with Gasteiger partial charge < -0.3 is 10.5 Å². The molecule has 6 heteroatoms. The summed E-state index contributed by atoms with van der Waals surface area (Å²) in [4.78, 5) is 22.2. The van der Waals surface area contributed by atoms with Crippen LogP contribution in [-0.2, 0) is 4.74 Å². The van der Waals surface area contributed by atoms with Crippen LogP contribution in [0.3, 0.4) is 0 Å². The Kier molecular flexibility index (Phi) is 4.13. The summed E-state index contributed by atoms with van der Waals surface area (Å²) in [6.07, 6.45) is -0.646. The minimum Gasteiger partial charge on any atom is -0.450 e. The summed E-state index contributed by atoms with van der Waals surface area (Å²) in [5.41, 5.74) is 5.56. The molecule has 1 aromatic carbocycles. The Labute approximate surface area is 97.5 Å². The molecule has 0 fully saturated rings. The highest BCUT2D eigenvalue weighted by molar-refractivity contribution is 6.31. The van der Waals surface area contributed by atoms with Gasteiger partial charge in [0.1, 0.15) is 0 Å². The van der Waals surface area contributed by atoms with Crippen LogP contribution in [-0.4, -0.2) is 18.6 Å². The maximum atomic E-state index is 11.2. The molecule has 3 N–H and O–H groups in total. The van der Waals surface area contributed by atoms with Gasteiger partial charge in [-0.1, -0.05) is 11.6 Å². The van der Waals surface area contributed by atoms with Gasteiger partial charge in [0.25, 0.3) is 5.91 Å². The van der Waals surface area contributed by atoms with Gasteiger partial charge in [-0.05, 0) is 25.1 Å². The minimum absolute atomic E-state index is 0.139. The predicted octanol–water partition coefficient (Wildman–Crippen LogP) is 2.01.